The van der Waals surface area contributed by atoms with E-state index in [1.54, 1.807) is 6.07 Å². The Hall–Kier alpha value is -1.86. The first-order chi connectivity index (χ1) is 10.8. The quantitative estimate of drug-likeness (QED) is 0.785. The first kappa shape index (κ1) is 17.5. The van der Waals surface area contributed by atoms with Gasteiger partial charge < -0.3 is 9.64 Å². The van der Waals surface area contributed by atoms with Crippen LogP contribution in [0.5, 0.6) is 5.75 Å². The minimum atomic E-state index is -4.32. The van der Waals surface area contributed by atoms with E-state index in [0.29, 0.717) is 12.0 Å². The van der Waals surface area contributed by atoms with Crippen LogP contribution in [-0.2, 0) is 11.2 Å². The number of nitrogens with zero attached hydrogens (tertiary/aromatic N) is 1. The fourth-order valence-corrected chi connectivity index (χ4v) is 2.59. The summed E-state index contributed by atoms with van der Waals surface area (Å²) < 4.78 is 66.8. The van der Waals surface area contributed by atoms with Crippen molar-refractivity contribution in [3.63, 3.8) is 0 Å². The van der Waals surface area contributed by atoms with Crippen LogP contribution in [0.2, 0.25) is 0 Å². The maximum absolute atomic E-state index is 12.8. The molecule has 1 fully saturated rings. The van der Waals surface area contributed by atoms with Crippen molar-refractivity contribution in [3.8, 4) is 5.75 Å². The van der Waals surface area contributed by atoms with Crippen molar-refractivity contribution in [1.29, 1.82) is 0 Å². The fourth-order valence-electron chi connectivity index (χ4n) is 2.59. The zero-order chi connectivity index (χ0) is 17.0. The Kier molecular flexibility index (Phi) is 5.43. The molecule has 0 N–H and O–H groups in total. The molecule has 1 aromatic carbocycles. The number of rotatable bonds is 4. The number of likely N-dealkylation sites (tertiary alicyclic amines) is 1. The minimum absolute atomic E-state index is 0.0188. The van der Waals surface area contributed by atoms with E-state index in [1.807, 2.05) is 0 Å². The average molecular weight is 337 g/mol. The van der Waals surface area contributed by atoms with E-state index in [2.05, 4.69) is 4.74 Å². The molecule has 128 valence electrons. The monoisotopic (exact) mass is 337 g/mol. The summed E-state index contributed by atoms with van der Waals surface area (Å²) in [4.78, 5) is 13.3. The largest absolute Gasteiger partial charge is 0.435 e. The van der Waals surface area contributed by atoms with Gasteiger partial charge >= 0.3 is 12.8 Å². The van der Waals surface area contributed by atoms with Gasteiger partial charge in [0.15, 0.2) is 0 Å². The molecule has 0 bridgehead atoms. The highest BCUT2D eigenvalue weighted by atomic mass is 19.4. The van der Waals surface area contributed by atoms with Gasteiger partial charge in [-0.3, -0.25) is 4.79 Å². The molecule has 0 aliphatic carbocycles. The number of benzene rings is 1. The fraction of sp³-hybridized carbons (Fsp3) is 0.533. The van der Waals surface area contributed by atoms with Gasteiger partial charge in [0.2, 0.25) is 5.91 Å². The lowest BCUT2D eigenvalue weighted by molar-refractivity contribution is -0.187. The highest BCUT2D eigenvalue weighted by Gasteiger charge is 2.42. The molecule has 8 heteroatoms. The molecular weight excluding hydrogens is 321 g/mol. The van der Waals surface area contributed by atoms with Crippen molar-refractivity contribution in [2.45, 2.75) is 32.1 Å². The molecule has 0 aromatic heterocycles. The second-order valence-corrected chi connectivity index (χ2v) is 5.42. The Balaban J connectivity index is 1.98. The Morgan fingerprint density at radius 2 is 2.09 bits per heavy atom. The number of halogens is 5. The summed E-state index contributed by atoms with van der Waals surface area (Å²) in [6.45, 7) is -3.05. The molecule has 1 aliphatic rings. The molecule has 1 heterocycles. The Morgan fingerprint density at radius 3 is 2.74 bits per heavy atom. The normalized spacial score (nSPS) is 19.0. The maximum atomic E-state index is 12.8. The number of amides is 1. The Bertz CT molecular complexity index is 547. The molecule has 2 rings (SSSR count). The summed E-state index contributed by atoms with van der Waals surface area (Å²) >= 11 is 0. The van der Waals surface area contributed by atoms with Crippen molar-refractivity contribution in [3.05, 3.63) is 29.8 Å². The second-order valence-electron chi connectivity index (χ2n) is 5.42. The lowest BCUT2D eigenvalue weighted by Gasteiger charge is -2.33. The first-order valence-electron chi connectivity index (χ1n) is 7.14. The van der Waals surface area contributed by atoms with Gasteiger partial charge in [-0.15, -0.1) is 0 Å². The molecule has 3 nitrogen and oxygen atoms in total. The van der Waals surface area contributed by atoms with Crippen LogP contribution in [-0.4, -0.2) is 36.7 Å². The van der Waals surface area contributed by atoms with Gasteiger partial charge in [-0.05, 0) is 30.5 Å². The van der Waals surface area contributed by atoms with Crippen molar-refractivity contribution >= 4 is 5.91 Å². The molecule has 23 heavy (non-hydrogen) atoms. The van der Waals surface area contributed by atoms with Gasteiger partial charge in [-0.1, -0.05) is 12.1 Å². The van der Waals surface area contributed by atoms with Crippen LogP contribution in [0.25, 0.3) is 0 Å². The predicted octanol–water partition coefficient (Wildman–Crippen LogP) is 3.63. The number of carbonyl (C=O) groups is 1. The molecule has 0 spiro atoms. The standard InChI is InChI=1S/C15H16F5NO2/c16-14(17)23-12-5-1-3-10(7-12)8-13(22)21-6-2-4-11(9-21)15(18,19)20/h1,3,5,7,11,14H,2,4,6,8-9H2/t11-/m0/s1. The van der Waals surface area contributed by atoms with Gasteiger partial charge in [0.1, 0.15) is 5.75 Å². The van der Waals surface area contributed by atoms with Crippen LogP contribution in [0.15, 0.2) is 24.3 Å². The third-order valence-corrected chi connectivity index (χ3v) is 3.72. The van der Waals surface area contributed by atoms with Crippen molar-refractivity contribution < 1.29 is 31.5 Å². The summed E-state index contributed by atoms with van der Waals surface area (Å²) in [5.74, 6) is -2.04. The van der Waals surface area contributed by atoms with Gasteiger partial charge in [0.25, 0.3) is 0 Å². The number of hydrogen-bond acceptors (Lipinski definition) is 2. The van der Waals surface area contributed by atoms with E-state index >= 15 is 0 Å². The number of ether oxygens (including phenoxy) is 1. The highest BCUT2D eigenvalue weighted by Crippen LogP contribution is 2.33. The number of hydrogen-bond donors (Lipinski definition) is 0. The topological polar surface area (TPSA) is 29.5 Å². The highest BCUT2D eigenvalue weighted by molar-refractivity contribution is 5.79. The molecule has 1 aliphatic heterocycles. The van der Waals surface area contributed by atoms with Crippen LogP contribution in [0.4, 0.5) is 22.0 Å². The van der Waals surface area contributed by atoms with E-state index in [4.69, 9.17) is 0 Å². The number of alkyl halides is 5. The zero-order valence-corrected chi connectivity index (χ0v) is 12.2. The van der Waals surface area contributed by atoms with Gasteiger partial charge in [-0.2, -0.15) is 22.0 Å². The van der Waals surface area contributed by atoms with Crippen molar-refractivity contribution in [1.82, 2.24) is 4.90 Å². The lowest BCUT2D eigenvalue weighted by Crippen LogP contribution is -2.45. The molecular formula is C15H16F5NO2. The first-order valence-corrected chi connectivity index (χ1v) is 7.14. The minimum Gasteiger partial charge on any atom is -0.435 e. The number of piperidine rings is 1. The predicted molar refractivity (Wildman–Crippen MR) is 72.1 cm³/mol. The zero-order valence-electron chi connectivity index (χ0n) is 12.2. The lowest BCUT2D eigenvalue weighted by atomic mass is 9.97. The van der Waals surface area contributed by atoms with Gasteiger partial charge in [0, 0.05) is 13.1 Å². The summed E-state index contributed by atoms with van der Waals surface area (Å²) in [5, 5.41) is 0. The molecule has 1 aromatic rings. The van der Waals surface area contributed by atoms with Crippen LogP contribution in [0.3, 0.4) is 0 Å². The van der Waals surface area contributed by atoms with Gasteiger partial charge in [-0.25, -0.2) is 0 Å². The van der Waals surface area contributed by atoms with Gasteiger partial charge in [0.05, 0.1) is 12.3 Å². The second kappa shape index (κ2) is 7.14. The van der Waals surface area contributed by atoms with E-state index in [-0.39, 0.29) is 31.7 Å². The van der Waals surface area contributed by atoms with Crippen LogP contribution < -0.4 is 4.74 Å². The van der Waals surface area contributed by atoms with E-state index < -0.39 is 24.6 Å². The van der Waals surface area contributed by atoms with Crippen LogP contribution in [0.1, 0.15) is 18.4 Å². The SMILES string of the molecule is O=C(Cc1cccc(OC(F)F)c1)N1CCC[C@H](C(F)(F)F)C1. The van der Waals surface area contributed by atoms with Crippen LogP contribution >= 0.6 is 0 Å². The third kappa shape index (κ3) is 5.07. The molecule has 0 unspecified atom stereocenters. The maximum Gasteiger partial charge on any atom is 0.393 e. The van der Waals surface area contributed by atoms with Crippen LogP contribution in [0, 0.1) is 5.92 Å². The van der Waals surface area contributed by atoms with Crippen molar-refractivity contribution in [2.75, 3.05) is 13.1 Å². The van der Waals surface area contributed by atoms with E-state index in [0.717, 1.165) is 0 Å². The Labute approximate surface area is 130 Å². The molecule has 1 amide bonds. The average Bonchev–Trinajstić information content (AvgIpc) is 2.46. The summed E-state index contributed by atoms with van der Waals surface area (Å²) in [5.41, 5.74) is 0.419. The van der Waals surface area contributed by atoms with E-state index in [1.165, 1.54) is 23.1 Å². The third-order valence-electron chi connectivity index (χ3n) is 3.72. The Morgan fingerprint density at radius 1 is 1.35 bits per heavy atom. The summed E-state index contributed by atoms with van der Waals surface area (Å²) in [6.07, 6.45) is -4.15. The molecule has 1 saturated heterocycles. The summed E-state index contributed by atoms with van der Waals surface area (Å²) in [6, 6.07) is 5.60. The molecule has 1 atom stereocenters. The number of carbonyl (C=O) groups excluding carboxylic acids is 1. The molecule has 0 radical (unpaired) electrons. The molecule has 0 saturated carbocycles. The smallest absolute Gasteiger partial charge is 0.393 e. The van der Waals surface area contributed by atoms with E-state index in [9.17, 15) is 26.7 Å². The van der Waals surface area contributed by atoms with Crippen molar-refractivity contribution in [2.24, 2.45) is 5.92 Å². The summed E-state index contributed by atoms with van der Waals surface area (Å²) in [7, 11) is 0.